The van der Waals surface area contributed by atoms with E-state index >= 15 is 0 Å². The largest absolute Gasteiger partial charge is 0.433 e. The van der Waals surface area contributed by atoms with Crippen LogP contribution in [0.5, 0.6) is 5.75 Å². The highest BCUT2D eigenvalue weighted by molar-refractivity contribution is 6.32. The maximum Gasteiger partial charge on any atom is 0.387 e. The molecule has 1 heterocycles. The molecule has 5 heteroatoms. The van der Waals surface area contributed by atoms with Crippen molar-refractivity contribution >= 4 is 11.6 Å². The fraction of sp³-hybridized carbons (Fsp3) is 0.143. The van der Waals surface area contributed by atoms with E-state index in [0.717, 1.165) is 11.1 Å². The molecule has 0 unspecified atom stereocenters. The molecule has 2 rings (SSSR count). The van der Waals surface area contributed by atoms with Gasteiger partial charge in [0, 0.05) is 18.8 Å². The highest BCUT2D eigenvalue weighted by atomic mass is 35.5. The topological polar surface area (TPSA) is 22.1 Å². The Hall–Kier alpha value is -1.68. The van der Waals surface area contributed by atoms with Crippen LogP contribution in [0.3, 0.4) is 0 Å². The molecule has 0 aliphatic rings. The lowest BCUT2D eigenvalue weighted by Crippen LogP contribution is -2.02. The van der Waals surface area contributed by atoms with Crippen LogP contribution in [0.15, 0.2) is 36.7 Å². The monoisotopic (exact) mass is 282 g/mol. The highest BCUT2D eigenvalue weighted by Crippen LogP contribution is 2.28. The van der Waals surface area contributed by atoms with Crippen molar-refractivity contribution < 1.29 is 13.5 Å². The maximum atomic E-state index is 12.2. The van der Waals surface area contributed by atoms with E-state index in [1.54, 1.807) is 18.5 Å². The van der Waals surface area contributed by atoms with Gasteiger partial charge in [0.15, 0.2) is 0 Å². The Labute approximate surface area is 115 Å². The zero-order chi connectivity index (χ0) is 13.8. The van der Waals surface area contributed by atoms with Gasteiger partial charge in [-0.2, -0.15) is 8.78 Å². The van der Waals surface area contributed by atoms with Crippen LogP contribution >= 0.6 is 11.6 Å². The van der Waals surface area contributed by atoms with E-state index in [1.807, 2.05) is 19.4 Å². The molecule has 0 spiro atoms. The highest BCUT2D eigenvalue weighted by Gasteiger charge is 2.10. The molecule has 0 N–H and O–H groups in total. The van der Waals surface area contributed by atoms with Crippen molar-refractivity contribution in [1.29, 1.82) is 0 Å². The smallest absolute Gasteiger partial charge is 0.387 e. The summed E-state index contributed by atoms with van der Waals surface area (Å²) in [4.78, 5) is 4.06. The summed E-state index contributed by atoms with van der Waals surface area (Å²) in [6, 6.07) is 6.66. The van der Waals surface area contributed by atoms with Gasteiger partial charge in [0.2, 0.25) is 0 Å². The SMILES string of the molecule is Cc1cncc([CH]c2ccc(Cl)c(OC(F)F)c2)c1. The van der Waals surface area contributed by atoms with Crippen molar-refractivity contribution in [2.75, 3.05) is 0 Å². The van der Waals surface area contributed by atoms with Crippen molar-refractivity contribution in [3.05, 3.63) is 64.8 Å². The second kappa shape index (κ2) is 5.97. The minimum Gasteiger partial charge on any atom is -0.433 e. The van der Waals surface area contributed by atoms with Crippen molar-refractivity contribution in [3.63, 3.8) is 0 Å². The Morgan fingerprint density at radius 1 is 1.21 bits per heavy atom. The first-order valence-electron chi connectivity index (χ1n) is 5.55. The average molecular weight is 283 g/mol. The van der Waals surface area contributed by atoms with Crippen molar-refractivity contribution in [2.24, 2.45) is 0 Å². The summed E-state index contributed by atoms with van der Waals surface area (Å²) in [6.07, 6.45) is 5.24. The number of halogens is 3. The molecule has 0 aliphatic carbocycles. The van der Waals surface area contributed by atoms with Crippen LogP contribution in [-0.4, -0.2) is 11.6 Å². The second-order valence-corrected chi connectivity index (χ2v) is 4.42. The fourth-order valence-corrected chi connectivity index (χ4v) is 1.81. The van der Waals surface area contributed by atoms with Gasteiger partial charge in [-0.1, -0.05) is 23.7 Å². The van der Waals surface area contributed by atoms with Gasteiger partial charge in [-0.25, -0.2) is 0 Å². The summed E-state index contributed by atoms with van der Waals surface area (Å²) in [6.45, 7) is -0.967. The number of hydrogen-bond acceptors (Lipinski definition) is 2. The van der Waals surface area contributed by atoms with Crippen molar-refractivity contribution in [2.45, 2.75) is 13.5 Å². The first-order chi connectivity index (χ1) is 9.04. The van der Waals surface area contributed by atoms with Gasteiger partial charge in [-0.3, -0.25) is 4.98 Å². The van der Waals surface area contributed by atoms with Gasteiger partial charge in [0.05, 0.1) is 5.02 Å². The van der Waals surface area contributed by atoms with Crippen molar-refractivity contribution in [3.8, 4) is 5.75 Å². The Balaban J connectivity index is 2.21. The third-order valence-electron chi connectivity index (χ3n) is 2.40. The van der Waals surface area contributed by atoms with Crippen LogP contribution < -0.4 is 4.74 Å². The molecule has 0 atom stereocenters. The lowest BCUT2D eigenvalue weighted by molar-refractivity contribution is -0.0498. The summed E-state index contributed by atoms with van der Waals surface area (Å²) in [7, 11) is 0. The minimum atomic E-state index is -2.90. The zero-order valence-electron chi connectivity index (χ0n) is 10.1. The van der Waals surface area contributed by atoms with E-state index in [0.29, 0.717) is 5.56 Å². The van der Waals surface area contributed by atoms with E-state index in [-0.39, 0.29) is 10.8 Å². The Morgan fingerprint density at radius 3 is 2.68 bits per heavy atom. The van der Waals surface area contributed by atoms with Gasteiger partial charge in [-0.05, 0) is 35.7 Å². The summed E-state index contributed by atoms with van der Waals surface area (Å²) in [5, 5.41) is 0.153. The second-order valence-electron chi connectivity index (χ2n) is 4.01. The summed E-state index contributed by atoms with van der Waals surface area (Å²) in [5.74, 6) is -0.0361. The van der Waals surface area contributed by atoms with E-state index in [2.05, 4.69) is 9.72 Å². The Morgan fingerprint density at radius 2 is 2.00 bits per heavy atom. The summed E-state index contributed by atoms with van der Waals surface area (Å²) >= 11 is 5.78. The standard InChI is InChI=1S/C14H11ClF2NO/c1-9-4-11(8-18-7-9)5-10-2-3-12(15)13(6-10)19-14(16)17/h2-8,14H,1H3. The van der Waals surface area contributed by atoms with E-state index in [4.69, 9.17) is 11.6 Å². The Bertz CT molecular complexity index is 575. The molecule has 1 radical (unpaired) electrons. The Kier molecular flexibility index (Phi) is 4.32. The number of alkyl halides is 2. The van der Waals surface area contributed by atoms with Crippen LogP contribution in [0.1, 0.15) is 16.7 Å². The fourth-order valence-electron chi connectivity index (χ4n) is 1.65. The van der Waals surface area contributed by atoms with Crippen LogP contribution in [0.2, 0.25) is 5.02 Å². The maximum absolute atomic E-state index is 12.2. The third-order valence-corrected chi connectivity index (χ3v) is 2.71. The molecular formula is C14H11ClF2NO. The van der Waals surface area contributed by atoms with Gasteiger partial charge in [0.25, 0.3) is 0 Å². The normalized spacial score (nSPS) is 10.8. The predicted octanol–water partition coefficient (Wildman–Crippen LogP) is 4.25. The quantitative estimate of drug-likeness (QED) is 0.836. The molecule has 2 aromatic rings. The van der Waals surface area contributed by atoms with Crippen LogP contribution in [-0.2, 0) is 0 Å². The molecule has 99 valence electrons. The van der Waals surface area contributed by atoms with Crippen LogP contribution in [0, 0.1) is 13.3 Å². The van der Waals surface area contributed by atoms with E-state index in [1.165, 1.54) is 12.1 Å². The van der Waals surface area contributed by atoms with E-state index < -0.39 is 6.61 Å². The van der Waals surface area contributed by atoms with Crippen LogP contribution in [0.4, 0.5) is 8.78 Å². The molecular weight excluding hydrogens is 272 g/mol. The summed E-state index contributed by atoms with van der Waals surface area (Å²) in [5.41, 5.74) is 2.62. The average Bonchev–Trinajstić information content (AvgIpc) is 2.33. The van der Waals surface area contributed by atoms with Gasteiger partial charge < -0.3 is 4.74 Å². The predicted molar refractivity (Wildman–Crippen MR) is 69.6 cm³/mol. The lowest BCUT2D eigenvalue weighted by Gasteiger charge is -2.09. The third kappa shape index (κ3) is 3.89. The van der Waals surface area contributed by atoms with Gasteiger partial charge in [0.1, 0.15) is 5.75 Å². The molecule has 1 aromatic carbocycles. The van der Waals surface area contributed by atoms with E-state index in [9.17, 15) is 8.78 Å². The number of rotatable bonds is 4. The van der Waals surface area contributed by atoms with Gasteiger partial charge >= 0.3 is 6.61 Å². The number of ether oxygens (including phenoxy) is 1. The number of aryl methyl sites for hydroxylation is 1. The van der Waals surface area contributed by atoms with Crippen molar-refractivity contribution in [1.82, 2.24) is 4.98 Å². The number of hydrogen-bond donors (Lipinski definition) is 0. The zero-order valence-corrected chi connectivity index (χ0v) is 10.9. The number of aromatic nitrogens is 1. The minimum absolute atomic E-state index is 0.0361. The first-order valence-corrected chi connectivity index (χ1v) is 5.93. The molecule has 0 fully saturated rings. The van der Waals surface area contributed by atoms with Crippen LogP contribution in [0.25, 0.3) is 0 Å². The molecule has 2 nitrogen and oxygen atoms in total. The first kappa shape index (κ1) is 13.7. The van der Waals surface area contributed by atoms with Gasteiger partial charge in [-0.15, -0.1) is 0 Å². The lowest BCUT2D eigenvalue weighted by atomic mass is 10.1. The number of benzene rings is 1. The number of nitrogens with zero attached hydrogens (tertiary/aromatic N) is 1. The molecule has 0 bridgehead atoms. The molecule has 19 heavy (non-hydrogen) atoms. The molecule has 1 aromatic heterocycles. The molecule has 0 saturated carbocycles. The number of pyridine rings is 1. The summed E-state index contributed by atoms with van der Waals surface area (Å²) < 4.78 is 28.8. The molecule has 0 aliphatic heterocycles. The molecule has 0 saturated heterocycles. The molecule has 0 amide bonds.